The van der Waals surface area contributed by atoms with Crippen molar-refractivity contribution in [2.45, 2.75) is 39.7 Å². The predicted molar refractivity (Wildman–Crippen MR) is 99.5 cm³/mol. The molecule has 0 fully saturated rings. The molecule has 1 atom stereocenters. The molecule has 0 spiro atoms. The highest BCUT2D eigenvalue weighted by molar-refractivity contribution is 7.80. The summed E-state index contributed by atoms with van der Waals surface area (Å²) in [7, 11) is 0. The number of thiocarbonyl (C=S) groups is 1. The first-order chi connectivity index (χ1) is 10.5. The van der Waals surface area contributed by atoms with E-state index in [9.17, 15) is 0 Å². The standard InChI is InChI=1S/C19H24N2S/c1-13(2)16-9-11-17(12-10-16)21-19(22)20-15(4)18-8-6-5-7-14(18)3/h5-13,15H,1-4H3,(H2,20,21,22)/t15-/m1/s1. The van der Waals surface area contributed by atoms with Gasteiger partial charge in [0.2, 0.25) is 0 Å². The molecule has 3 heteroatoms. The summed E-state index contributed by atoms with van der Waals surface area (Å²) in [4.78, 5) is 0. The van der Waals surface area contributed by atoms with Gasteiger partial charge in [-0.2, -0.15) is 0 Å². The van der Waals surface area contributed by atoms with Gasteiger partial charge < -0.3 is 10.6 Å². The van der Waals surface area contributed by atoms with Crippen LogP contribution in [0.3, 0.4) is 0 Å². The molecule has 0 saturated carbocycles. The molecule has 0 amide bonds. The summed E-state index contributed by atoms with van der Waals surface area (Å²) < 4.78 is 0. The molecule has 0 aliphatic carbocycles. The third-order valence-electron chi connectivity index (χ3n) is 3.84. The summed E-state index contributed by atoms with van der Waals surface area (Å²) in [5.41, 5.74) is 4.88. The molecule has 22 heavy (non-hydrogen) atoms. The number of hydrogen-bond donors (Lipinski definition) is 2. The number of hydrogen-bond acceptors (Lipinski definition) is 1. The zero-order chi connectivity index (χ0) is 16.1. The molecule has 0 aromatic heterocycles. The topological polar surface area (TPSA) is 24.1 Å². The molecule has 0 heterocycles. The maximum atomic E-state index is 5.42. The van der Waals surface area contributed by atoms with Crippen molar-refractivity contribution in [3.05, 3.63) is 65.2 Å². The second kappa shape index (κ2) is 7.41. The molecule has 0 saturated heterocycles. The van der Waals surface area contributed by atoms with E-state index in [1.807, 2.05) is 0 Å². The molecule has 2 nitrogen and oxygen atoms in total. The van der Waals surface area contributed by atoms with E-state index >= 15 is 0 Å². The van der Waals surface area contributed by atoms with Crippen molar-refractivity contribution in [1.29, 1.82) is 0 Å². The highest BCUT2D eigenvalue weighted by atomic mass is 32.1. The van der Waals surface area contributed by atoms with Crippen LogP contribution in [-0.4, -0.2) is 5.11 Å². The quantitative estimate of drug-likeness (QED) is 0.762. The van der Waals surface area contributed by atoms with E-state index in [2.05, 4.69) is 86.9 Å². The largest absolute Gasteiger partial charge is 0.356 e. The van der Waals surface area contributed by atoms with Crippen molar-refractivity contribution in [1.82, 2.24) is 5.32 Å². The Labute approximate surface area is 139 Å². The zero-order valence-electron chi connectivity index (χ0n) is 13.7. The van der Waals surface area contributed by atoms with Gasteiger partial charge in [0.05, 0.1) is 6.04 Å². The highest BCUT2D eigenvalue weighted by Gasteiger charge is 2.09. The van der Waals surface area contributed by atoms with Gasteiger partial charge in [0, 0.05) is 5.69 Å². The van der Waals surface area contributed by atoms with Crippen LogP contribution in [0.1, 0.15) is 49.4 Å². The van der Waals surface area contributed by atoms with Crippen LogP contribution in [0, 0.1) is 6.92 Å². The summed E-state index contributed by atoms with van der Waals surface area (Å²) >= 11 is 5.42. The van der Waals surface area contributed by atoms with Crippen molar-refractivity contribution in [2.75, 3.05) is 5.32 Å². The van der Waals surface area contributed by atoms with Gasteiger partial charge in [-0.25, -0.2) is 0 Å². The SMILES string of the molecule is Cc1ccccc1[C@@H](C)NC(=S)Nc1ccc(C(C)C)cc1. The average Bonchev–Trinajstić information content (AvgIpc) is 2.48. The lowest BCUT2D eigenvalue weighted by atomic mass is 10.0. The van der Waals surface area contributed by atoms with Crippen molar-refractivity contribution < 1.29 is 0 Å². The molecule has 2 aromatic rings. The summed E-state index contributed by atoms with van der Waals surface area (Å²) in [6.45, 7) is 8.63. The third kappa shape index (κ3) is 4.31. The first-order valence-electron chi connectivity index (χ1n) is 7.70. The second-order valence-corrected chi connectivity index (χ2v) is 6.36. The summed E-state index contributed by atoms with van der Waals surface area (Å²) in [6, 6.07) is 17.0. The van der Waals surface area contributed by atoms with Crippen molar-refractivity contribution >= 4 is 23.0 Å². The minimum atomic E-state index is 0.177. The molecule has 116 valence electrons. The molecule has 0 bridgehead atoms. The monoisotopic (exact) mass is 312 g/mol. The minimum Gasteiger partial charge on any atom is -0.356 e. The number of nitrogens with one attached hydrogen (secondary N) is 2. The number of aryl methyl sites for hydroxylation is 1. The maximum absolute atomic E-state index is 5.42. The zero-order valence-corrected chi connectivity index (χ0v) is 14.5. The van der Waals surface area contributed by atoms with Crippen LogP contribution in [0.5, 0.6) is 0 Å². The Morgan fingerprint density at radius 3 is 2.18 bits per heavy atom. The van der Waals surface area contributed by atoms with Crippen LogP contribution < -0.4 is 10.6 Å². The Kier molecular flexibility index (Phi) is 5.56. The van der Waals surface area contributed by atoms with Gasteiger partial charge in [-0.15, -0.1) is 0 Å². The first-order valence-corrected chi connectivity index (χ1v) is 8.11. The molecule has 2 rings (SSSR count). The number of benzene rings is 2. The highest BCUT2D eigenvalue weighted by Crippen LogP contribution is 2.19. The maximum Gasteiger partial charge on any atom is 0.171 e. The average molecular weight is 312 g/mol. The Morgan fingerprint density at radius 2 is 1.59 bits per heavy atom. The second-order valence-electron chi connectivity index (χ2n) is 5.95. The Balaban J connectivity index is 1.96. The van der Waals surface area contributed by atoms with E-state index in [0.29, 0.717) is 11.0 Å². The van der Waals surface area contributed by atoms with Crippen molar-refractivity contribution in [3.8, 4) is 0 Å². The lowest BCUT2D eigenvalue weighted by Gasteiger charge is -2.19. The lowest BCUT2D eigenvalue weighted by Crippen LogP contribution is -2.31. The van der Waals surface area contributed by atoms with E-state index in [0.717, 1.165) is 5.69 Å². The fourth-order valence-electron chi connectivity index (χ4n) is 2.47. The van der Waals surface area contributed by atoms with E-state index < -0.39 is 0 Å². The molecule has 0 aliphatic rings. The van der Waals surface area contributed by atoms with Crippen LogP contribution in [0.4, 0.5) is 5.69 Å². The summed E-state index contributed by atoms with van der Waals surface area (Å²) in [5.74, 6) is 0.542. The molecule has 0 aliphatic heterocycles. The molecular formula is C19H24N2S. The molecular weight excluding hydrogens is 288 g/mol. The van der Waals surface area contributed by atoms with Crippen molar-refractivity contribution in [3.63, 3.8) is 0 Å². The van der Waals surface area contributed by atoms with Crippen LogP contribution in [-0.2, 0) is 0 Å². The van der Waals surface area contributed by atoms with Gasteiger partial charge in [-0.3, -0.25) is 0 Å². The van der Waals surface area contributed by atoms with Crippen LogP contribution >= 0.6 is 12.2 Å². The van der Waals surface area contributed by atoms with Gasteiger partial charge >= 0.3 is 0 Å². The van der Waals surface area contributed by atoms with Gasteiger partial charge in [0.15, 0.2) is 5.11 Å². The lowest BCUT2D eigenvalue weighted by molar-refractivity contribution is 0.717. The van der Waals surface area contributed by atoms with Gasteiger partial charge in [-0.1, -0.05) is 50.2 Å². The van der Waals surface area contributed by atoms with Crippen LogP contribution in [0.2, 0.25) is 0 Å². The Bertz CT molecular complexity index is 632. The molecule has 0 unspecified atom stereocenters. The molecule has 2 aromatic carbocycles. The third-order valence-corrected chi connectivity index (χ3v) is 4.06. The van der Waals surface area contributed by atoms with Gasteiger partial charge in [-0.05, 0) is 60.8 Å². The van der Waals surface area contributed by atoms with Gasteiger partial charge in [0.1, 0.15) is 0 Å². The predicted octanol–water partition coefficient (Wildman–Crippen LogP) is 5.17. The summed E-state index contributed by atoms with van der Waals surface area (Å²) in [6.07, 6.45) is 0. The van der Waals surface area contributed by atoms with E-state index in [1.165, 1.54) is 16.7 Å². The fraction of sp³-hybridized carbons (Fsp3) is 0.316. The Morgan fingerprint density at radius 1 is 0.955 bits per heavy atom. The molecule has 0 radical (unpaired) electrons. The Hall–Kier alpha value is -1.87. The summed E-state index contributed by atoms with van der Waals surface area (Å²) in [5, 5.41) is 7.24. The van der Waals surface area contributed by atoms with E-state index in [1.54, 1.807) is 0 Å². The van der Waals surface area contributed by atoms with Crippen molar-refractivity contribution in [2.24, 2.45) is 0 Å². The van der Waals surface area contributed by atoms with Gasteiger partial charge in [0.25, 0.3) is 0 Å². The first kappa shape index (κ1) is 16.5. The van der Waals surface area contributed by atoms with Crippen LogP contribution in [0.25, 0.3) is 0 Å². The smallest absolute Gasteiger partial charge is 0.171 e. The molecule has 2 N–H and O–H groups in total. The number of anilines is 1. The van der Waals surface area contributed by atoms with E-state index in [-0.39, 0.29) is 6.04 Å². The minimum absolute atomic E-state index is 0.177. The normalized spacial score (nSPS) is 12.0. The van der Waals surface area contributed by atoms with Crippen LogP contribution in [0.15, 0.2) is 48.5 Å². The fourth-order valence-corrected chi connectivity index (χ4v) is 2.76. The van der Waals surface area contributed by atoms with E-state index in [4.69, 9.17) is 12.2 Å². The number of rotatable bonds is 4.